The maximum atomic E-state index is 11.0. The van der Waals surface area contributed by atoms with Gasteiger partial charge in [0.25, 0.3) is 0 Å². The number of carboxylic acids is 1. The number of aromatic carboxylic acids is 1. The van der Waals surface area contributed by atoms with Gasteiger partial charge in [-0.15, -0.1) is 5.10 Å². The monoisotopic (exact) mass is 326 g/mol. The van der Waals surface area contributed by atoms with Gasteiger partial charge in [0.05, 0.1) is 12.7 Å². The molecule has 4 rings (SSSR count). The fourth-order valence-electron chi connectivity index (χ4n) is 3.39. The van der Waals surface area contributed by atoms with Crippen molar-refractivity contribution < 1.29 is 14.3 Å². The lowest BCUT2D eigenvalue weighted by Crippen LogP contribution is -2.32. The van der Waals surface area contributed by atoms with Gasteiger partial charge >= 0.3 is 5.97 Å². The van der Waals surface area contributed by atoms with Crippen LogP contribution in [0.1, 0.15) is 29.0 Å². The molecule has 1 N–H and O–H groups in total. The zero-order chi connectivity index (χ0) is 16.5. The highest BCUT2D eigenvalue weighted by Gasteiger charge is 2.25. The topological polar surface area (TPSA) is 84.4 Å². The van der Waals surface area contributed by atoms with E-state index >= 15 is 0 Å². The van der Waals surface area contributed by atoms with Gasteiger partial charge in [0.1, 0.15) is 5.58 Å². The Kier molecular flexibility index (Phi) is 3.78. The smallest absolute Gasteiger partial charge is 0.371 e. The second kappa shape index (κ2) is 6.09. The van der Waals surface area contributed by atoms with Crippen molar-refractivity contribution in [3.8, 4) is 0 Å². The summed E-state index contributed by atoms with van der Waals surface area (Å²) >= 11 is 0. The number of likely N-dealkylation sites (tertiary alicyclic amines) is 1. The van der Waals surface area contributed by atoms with Crippen molar-refractivity contribution in [3.63, 3.8) is 0 Å². The number of hydrogen-bond donors (Lipinski definition) is 1. The molecule has 1 aromatic carbocycles. The van der Waals surface area contributed by atoms with Gasteiger partial charge in [-0.05, 0) is 43.1 Å². The summed E-state index contributed by atoms with van der Waals surface area (Å²) in [5.74, 6) is -1.06. The van der Waals surface area contributed by atoms with Crippen LogP contribution in [0.25, 0.3) is 11.0 Å². The molecule has 7 nitrogen and oxygen atoms in total. The molecule has 1 fully saturated rings. The molecule has 124 valence electrons. The first kappa shape index (κ1) is 14.9. The Morgan fingerprint density at radius 1 is 1.38 bits per heavy atom. The zero-order valence-corrected chi connectivity index (χ0v) is 13.1. The molecule has 0 saturated carbocycles. The van der Waals surface area contributed by atoms with Crippen LogP contribution in [-0.4, -0.2) is 43.6 Å². The van der Waals surface area contributed by atoms with Crippen LogP contribution in [-0.2, 0) is 13.1 Å². The van der Waals surface area contributed by atoms with Crippen molar-refractivity contribution in [1.82, 2.24) is 19.9 Å². The summed E-state index contributed by atoms with van der Waals surface area (Å²) in [5.41, 5.74) is 1.77. The predicted molar refractivity (Wildman–Crippen MR) is 86.6 cm³/mol. The molecule has 24 heavy (non-hydrogen) atoms. The first-order chi connectivity index (χ1) is 11.7. The molecule has 1 saturated heterocycles. The number of nitrogens with zero attached hydrogens (tertiary/aromatic N) is 4. The average Bonchev–Trinajstić information content (AvgIpc) is 3.29. The van der Waals surface area contributed by atoms with Crippen LogP contribution in [0.2, 0.25) is 0 Å². The molecule has 1 aliphatic heterocycles. The highest BCUT2D eigenvalue weighted by Crippen LogP contribution is 2.25. The normalized spacial score (nSPS) is 18.4. The van der Waals surface area contributed by atoms with Gasteiger partial charge in [-0.3, -0.25) is 9.58 Å². The Hall–Kier alpha value is -2.67. The van der Waals surface area contributed by atoms with E-state index in [2.05, 4.69) is 15.2 Å². The minimum atomic E-state index is -1.04. The fourth-order valence-corrected chi connectivity index (χ4v) is 3.39. The molecule has 0 radical (unpaired) electrons. The maximum Gasteiger partial charge on any atom is 0.371 e. The van der Waals surface area contributed by atoms with Crippen LogP contribution in [0, 0.1) is 0 Å². The number of carbonyl (C=O) groups is 1. The second-order valence-corrected chi connectivity index (χ2v) is 6.18. The molecule has 0 unspecified atom stereocenters. The van der Waals surface area contributed by atoms with Crippen LogP contribution >= 0.6 is 0 Å². The van der Waals surface area contributed by atoms with Crippen molar-refractivity contribution >= 4 is 16.9 Å². The number of aromatic nitrogens is 3. The number of hydrogen-bond acceptors (Lipinski definition) is 5. The van der Waals surface area contributed by atoms with Crippen LogP contribution in [0.5, 0.6) is 0 Å². The molecule has 3 heterocycles. The summed E-state index contributed by atoms with van der Waals surface area (Å²) in [6.07, 6.45) is 5.92. The molecule has 0 aliphatic carbocycles. The van der Waals surface area contributed by atoms with E-state index in [1.807, 2.05) is 29.1 Å². The number of fused-ring (bicyclic) bond motifs is 1. The quantitative estimate of drug-likeness (QED) is 0.775. The van der Waals surface area contributed by atoms with Gasteiger partial charge in [0.15, 0.2) is 0 Å². The van der Waals surface area contributed by atoms with Crippen LogP contribution < -0.4 is 0 Å². The van der Waals surface area contributed by atoms with E-state index in [9.17, 15) is 4.79 Å². The lowest BCUT2D eigenvalue weighted by Gasteiger charge is -2.24. The maximum absolute atomic E-state index is 11.0. The summed E-state index contributed by atoms with van der Waals surface area (Å²) in [6.45, 7) is 2.74. The van der Waals surface area contributed by atoms with E-state index in [1.165, 1.54) is 6.42 Å². The van der Waals surface area contributed by atoms with E-state index in [0.29, 0.717) is 11.6 Å². The molecule has 0 amide bonds. The number of carboxylic acid groups (broad SMARTS) is 1. The third kappa shape index (κ3) is 2.90. The minimum Gasteiger partial charge on any atom is -0.475 e. The van der Waals surface area contributed by atoms with Gasteiger partial charge in [-0.25, -0.2) is 4.79 Å². The molecule has 0 bridgehead atoms. The summed E-state index contributed by atoms with van der Waals surface area (Å²) < 4.78 is 7.19. The molecule has 1 atom stereocenters. The lowest BCUT2D eigenvalue weighted by atomic mass is 10.1. The van der Waals surface area contributed by atoms with Crippen molar-refractivity contribution in [2.45, 2.75) is 32.0 Å². The molecule has 2 aromatic heterocycles. The summed E-state index contributed by atoms with van der Waals surface area (Å²) in [7, 11) is 0. The third-order valence-electron chi connectivity index (χ3n) is 4.55. The molecule has 3 aromatic rings. The second-order valence-electron chi connectivity index (χ2n) is 6.18. The first-order valence-corrected chi connectivity index (χ1v) is 8.03. The molecule has 0 spiro atoms. The van der Waals surface area contributed by atoms with E-state index in [0.717, 1.165) is 37.0 Å². The highest BCUT2D eigenvalue weighted by molar-refractivity contribution is 5.91. The van der Waals surface area contributed by atoms with E-state index in [4.69, 9.17) is 9.52 Å². The minimum absolute atomic E-state index is 0.0209. The van der Waals surface area contributed by atoms with Gasteiger partial charge in [-0.1, -0.05) is 11.3 Å². The summed E-state index contributed by atoms with van der Waals surface area (Å²) in [6, 6.07) is 7.89. The predicted octanol–water partition coefficient (Wildman–Crippen LogP) is 2.39. The van der Waals surface area contributed by atoms with Gasteiger partial charge < -0.3 is 9.52 Å². The number of benzene rings is 1. The number of furan rings is 1. The Morgan fingerprint density at radius 2 is 2.29 bits per heavy atom. The Morgan fingerprint density at radius 3 is 3.08 bits per heavy atom. The van der Waals surface area contributed by atoms with Crippen molar-refractivity contribution in [1.29, 1.82) is 0 Å². The van der Waals surface area contributed by atoms with E-state index < -0.39 is 5.97 Å². The summed E-state index contributed by atoms with van der Waals surface area (Å²) in [4.78, 5) is 13.5. The van der Waals surface area contributed by atoms with E-state index in [-0.39, 0.29) is 5.76 Å². The standard InChI is InChI=1S/C17H18N4O3/c22-17(23)16-9-13-8-12(3-4-15(13)24-16)10-20-6-1-2-14(20)11-21-7-5-18-19-21/h3-5,7-9,14H,1-2,6,10-11H2,(H,22,23)/t14-/m0/s1. The van der Waals surface area contributed by atoms with Crippen molar-refractivity contribution in [3.05, 3.63) is 48.0 Å². The van der Waals surface area contributed by atoms with Crippen LogP contribution in [0.15, 0.2) is 41.1 Å². The van der Waals surface area contributed by atoms with Crippen LogP contribution in [0.4, 0.5) is 0 Å². The van der Waals surface area contributed by atoms with Crippen molar-refractivity contribution in [2.75, 3.05) is 6.54 Å². The largest absolute Gasteiger partial charge is 0.475 e. The number of rotatable bonds is 5. The SMILES string of the molecule is O=C(O)c1cc2cc(CN3CCC[C@H]3Cn3ccnn3)ccc2o1. The molecule has 7 heteroatoms. The zero-order valence-electron chi connectivity index (χ0n) is 13.1. The fraction of sp³-hybridized carbons (Fsp3) is 0.353. The van der Waals surface area contributed by atoms with Crippen molar-refractivity contribution in [2.24, 2.45) is 0 Å². The first-order valence-electron chi connectivity index (χ1n) is 8.03. The van der Waals surface area contributed by atoms with Gasteiger partial charge in [0.2, 0.25) is 5.76 Å². The van der Waals surface area contributed by atoms with Gasteiger partial charge in [-0.2, -0.15) is 0 Å². The Labute approximate surface area is 138 Å². The Balaban J connectivity index is 1.51. The third-order valence-corrected chi connectivity index (χ3v) is 4.55. The molecular weight excluding hydrogens is 308 g/mol. The molecule has 1 aliphatic rings. The lowest BCUT2D eigenvalue weighted by molar-refractivity contribution is 0.0665. The average molecular weight is 326 g/mol. The highest BCUT2D eigenvalue weighted by atomic mass is 16.4. The molecular formula is C17H18N4O3. The Bertz CT molecular complexity index is 856. The van der Waals surface area contributed by atoms with Gasteiger partial charge in [0, 0.05) is 24.2 Å². The summed E-state index contributed by atoms with van der Waals surface area (Å²) in [5, 5.41) is 17.8. The van der Waals surface area contributed by atoms with E-state index in [1.54, 1.807) is 12.3 Å². The van der Waals surface area contributed by atoms with Crippen LogP contribution in [0.3, 0.4) is 0 Å².